The lowest BCUT2D eigenvalue weighted by molar-refractivity contribution is 0.0473. The summed E-state index contributed by atoms with van der Waals surface area (Å²) in [6, 6.07) is 11.0. The van der Waals surface area contributed by atoms with Crippen LogP contribution in [-0.4, -0.2) is 11.9 Å². The van der Waals surface area contributed by atoms with Crippen LogP contribution in [-0.2, 0) is 11.3 Å². The third-order valence-corrected chi connectivity index (χ3v) is 3.08. The van der Waals surface area contributed by atoms with Crippen molar-refractivity contribution in [3.05, 3.63) is 64.2 Å². The molecule has 4 N–H and O–H groups in total. The van der Waals surface area contributed by atoms with Gasteiger partial charge in [-0.2, -0.15) is 0 Å². The van der Waals surface area contributed by atoms with Crippen molar-refractivity contribution in [2.45, 2.75) is 6.61 Å². The standard InChI is InChI=1S/C15H13ClN2O3/c16-11-5-6-13(17)12(7-11)15(20)21-8-9-1-3-10(4-2-9)14(18)19/h1-7H,8,17H2,(H2,18,19). The van der Waals surface area contributed by atoms with Gasteiger partial charge in [0.15, 0.2) is 0 Å². The molecule has 21 heavy (non-hydrogen) atoms. The molecule has 0 bridgehead atoms. The number of ether oxygens (including phenoxy) is 1. The summed E-state index contributed by atoms with van der Waals surface area (Å²) in [6.07, 6.45) is 0. The van der Waals surface area contributed by atoms with Crippen LogP contribution in [0.15, 0.2) is 42.5 Å². The maximum Gasteiger partial charge on any atom is 0.340 e. The molecule has 1 amide bonds. The van der Waals surface area contributed by atoms with E-state index >= 15 is 0 Å². The zero-order chi connectivity index (χ0) is 15.4. The molecule has 0 spiro atoms. The van der Waals surface area contributed by atoms with Gasteiger partial charge >= 0.3 is 5.97 Å². The summed E-state index contributed by atoms with van der Waals surface area (Å²) in [6.45, 7) is 0.0594. The molecule has 5 nitrogen and oxygen atoms in total. The summed E-state index contributed by atoms with van der Waals surface area (Å²) in [5.41, 5.74) is 12.5. The zero-order valence-electron chi connectivity index (χ0n) is 11.0. The first-order valence-electron chi connectivity index (χ1n) is 6.08. The number of primary amides is 1. The number of nitrogen functional groups attached to an aromatic ring is 1. The van der Waals surface area contributed by atoms with Crippen LogP contribution in [0, 0.1) is 0 Å². The summed E-state index contributed by atoms with van der Waals surface area (Å²) in [5, 5.41) is 0.405. The Morgan fingerprint density at radius 3 is 2.38 bits per heavy atom. The molecule has 0 aliphatic heterocycles. The Hall–Kier alpha value is -2.53. The highest BCUT2D eigenvalue weighted by molar-refractivity contribution is 6.31. The highest BCUT2D eigenvalue weighted by Gasteiger charge is 2.12. The van der Waals surface area contributed by atoms with Crippen LogP contribution in [0.1, 0.15) is 26.3 Å². The van der Waals surface area contributed by atoms with Crippen LogP contribution in [0.4, 0.5) is 5.69 Å². The number of amides is 1. The first-order chi connectivity index (χ1) is 9.97. The van der Waals surface area contributed by atoms with Crippen molar-refractivity contribution in [2.75, 3.05) is 5.73 Å². The van der Waals surface area contributed by atoms with E-state index in [2.05, 4.69) is 0 Å². The van der Waals surface area contributed by atoms with E-state index in [1.165, 1.54) is 6.07 Å². The first-order valence-corrected chi connectivity index (χ1v) is 6.46. The number of hydrogen-bond acceptors (Lipinski definition) is 4. The number of nitrogens with two attached hydrogens (primary N) is 2. The van der Waals surface area contributed by atoms with Crippen LogP contribution in [0.3, 0.4) is 0 Å². The second kappa shape index (κ2) is 6.28. The lowest BCUT2D eigenvalue weighted by atomic mass is 10.1. The molecule has 0 fully saturated rings. The topological polar surface area (TPSA) is 95.4 Å². The number of rotatable bonds is 4. The highest BCUT2D eigenvalue weighted by Crippen LogP contribution is 2.19. The highest BCUT2D eigenvalue weighted by atomic mass is 35.5. The number of hydrogen-bond donors (Lipinski definition) is 2. The van der Waals surface area contributed by atoms with Gasteiger partial charge in [0.2, 0.25) is 5.91 Å². The van der Waals surface area contributed by atoms with Gasteiger partial charge in [0.1, 0.15) is 6.61 Å². The van der Waals surface area contributed by atoms with Crippen molar-refractivity contribution in [3.8, 4) is 0 Å². The first kappa shape index (κ1) is 14.9. The van der Waals surface area contributed by atoms with E-state index in [1.807, 2.05) is 0 Å². The predicted molar refractivity (Wildman–Crippen MR) is 79.9 cm³/mol. The van der Waals surface area contributed by atoms with E-state index in [9.17, 15) is 9.59 Å². The van der Waals surface area contributed by atoms with Gasteiger partial charge in [-0.15, -0.1) is 0 Å². The third kappa shape index (κ3) is 3.73. The Labute approximate surface area is 126 Å². The number of esters is 1. The van der Waals surface area contributed by atoms with E-state index in [0.717, 1.165) is 5.56 Å². The predicted octanol–water partition coefficient (Wildman–Crippen LogP) is 2.38. The molecule has 0 heterocycles. The van der Waals surface area contributed by atoms with Crippen molar-refractivity contribution >= 4 is 29.2 Å². The fourth-order valence-electron chi connectivity index (χ4n) is 1.70. The molecule has 108 valence electrons. The van der Waals surface area contributed by atoms with Gasteiger partial charge in [-0.1, -0.05) is 23.7 Å². The average Bonchev–Trinajstić information content (AvgIpc) is 2.47. The van der Waals surface area contributed by atoms with Crippen LogP contribution in [0.2, 0.25) is 5.02 Å². The second-order valence-corrected chi connectivity index (χ2v) is 4.81. The summed E-state index contributed by atoms with van der Waals surface area (Å²) < 4.78 is 5.16. The molecule has 2 aromatic carbocycles. The molecular weight excluding hydrogens is 292 g/mol. The molecule has 0 saturated carbocycles. The lowest BCUT2D eigenvalue weighted by Crippen LogP contribution is -2.11. The minimum atomic E-state index is -0.561. The smallest absolute Gasteiger partial charge is 0.340 e. The maximum atomic E-state index is 11.9. The largest absolute Gasteiger partial charge is 0.457 e. The number of carbonyl (C=O) groups is 2. The van der Waals surface area contributed by atoms with Crippen molar-refractivity contribution in [1.29, 1.82) is 0 Å². The molecule has 0 saturated heterocycles. The molecule has 0 atom stereocenters. The molecule has 0 aliphatic carbocycles. The van der Waals surface area contributed by atoms with E-state index in [1.54, 1.807) is 36.4 Å². The van der Waals surface area contributed by atoms with E-state index in [-0.39, 0.29) is 12.2 Å². The Morgan fingerprint density at radius 1 is 1.10 bits per heavy atom. The minimum absolute atomic E-state index is 0.0594. The monoisotopic (exact) mass is 304 g/mol. The summed E-state index contributed by atoms with van der Waals surface area (Å²) >= 11 is 5.82. The number of benzene rings is 2. The van der Waals surface area contributed by atoms with Gasteiger partial charge < -0.3 is 16.2 Å². The molecule has 0 aromatic heterocycles. The lowest BCUT2D eigenvalue weighted by Gasteiger charge is -2.08. The summed E-state index contributed by atoms with van der Waals surface area (Å²) in [4.78, 5) is 22.9. The maximum absolute atomic E-state index is 11.9. The van der Waals surface area contributed by atoms with Crippen LogP contribution in [0.25, 0.3) is 0 Å². The van der Waals surface area contributed by atoms with Gasteiger partial charge in [0, 0.05) is 16.3 Å². The van der Waals surface area contributed by atoms with Gasteiger partial charge in [-0.05, 0) is 35.9 Å². The number of halogens is 1. The van der Waals surface area contributed by atoms with Gasteiger partial charge in [0.25, 0.3) is 0 Å². The van der Waals surface area contributed by atoms with Crippen LogP contribution < -0.4 is 11.5 Å². The molecule has 0 aliphatic rings. The molecular formula is C15H13ClN2O3. The van der Waals surface area contributed by atoms with E-state index < -0.39 is 11.9 Å². The molecule has 0 unspecified atom stereocenters. The van der Waals surface area contributed by atoms with E-state index in [0.29, 0.717) is 16.3 Å². The second-order valence-electron chi connectivity index (χ2n) is 4.37. The van der Waals surface area contributed by atoms with Crippen molar-refractivity contribution in [3.63, 3.8) is 0 Å². The third-order valence-electron chi connectivity index (χ3n) is 2.84. The van der Waals surface area contributed by atoms with Crippen LogP contribution >= 0.6 is 11.6 Å². The normalized spacial score (nSPS) is 10.1. The number of anilines is 1. The molecule has 2 rings (SSSR count). The quantitative estimate of drug-likeness (QED) is 0.669. The molecule has 0 radical (unpaired) electrons. The number of carbonyl (C=O) groups excluding carboxylic acids is 2. The molecule has 6 heteroatoms. The van der Waals surface area contributed by atoms with Crippen LogP contribution in [0.5, 0.6) is 0 Å². The molecule has 2 aromatic rings. The summed E-state index contributed by atoms with van der Waals surface area (Å²) in [7, 11) is 0. The SMILES string of the molecule is NC(=O)c1ccc(COC(=O)c2cc(Cl)ccc2N)cc1. The minimum Gasteiger partial charge on any atom is -0.457 e. The Kier molecular flexibility index (Phi) is 4.45. The van der Waals surface area contributed by atoms with Crippen molar-refractivity contribution in [2.24, 2.45) is 5.73 Å². The zero-order valence-corrected chi connectivity index (χ0v) is 11.8. The van der Waals surface area contributed by atoms with Crippen molar-refractivity contribution < 1.29 is 14.3 Å². The van der Waals surface area contributed by atoms with Gasteiger partial charge in [-0.25, -0.2) is 4.79 Å². The fourth-order valence-corrected chi connectivity index (χ4v) is 1.87. The Balaban J connectivity index is 2.04. The van der Waals surface area contributed by atoms with Gasteiger partial charge in [-0.3, -0.25) is 4.79 Å². The Bertz CT molecular complexity index is 684. The van der Waals surface area contributed by atoms with Crippen molar-refractivity contribution in [1.82, 2.24) is 0 Å². The Morgan fingerprint density at radius 2 is 1.76 bits per heavy atom. The van der Waals surface area contributed by atoms with E-state index in [4.69, 9.17) is 27.8 Å². The average molecular weight is 305 g/mol. The fraction of sp³-hybridized carbons (Fsp3) is 0.0667. The summed E-state index contributed by atoms with van der Waals surface area (Å²) in [5.74, 6) is -1.07. The van der Waals surface area contributed by atoms with Gasteiger partial charge in [0.05, 0.1) is 5.56 Å².